The highest BCUT2D eigenvalue weighted by Crippen LogP contribution is 2.12. The second kappa shape index (κ2) is 5.09. The van der Waals surface area contributed by atoms with E-state index in [-0.39, 0.29) is 5.91 Å². The molecular weight excluding hydrogens is 284 g/mol. The van der Waals surface area contributed by atoms with Crippen LogP contribution in [0.4, 0.5) is 5.82 Å². The highest BCUT2D eigenvalue weighted by atomic mass is 79.9. The quantitative estimate of drug-likeness (QED) is 0.938. The molecule has 0 saturated heterocycles. The zero-order valence-corrected chi connectivity index (χ0v) is 10.8. The highest BCUT2D eigenvalue weighted by Gasteiger charge is 2.06. The van der Waals surface area contributed by atoms with Crippen LogP contribution in [0.1, 0.15) is 5.56 Å². The molecule has 2 rings (SSSR count). The smallest absolute Gasteiger partial charge is 0.230 e. The third-order valence-corrected chi connectivity index (χ3v) is 2.62. The summed E-state index contributed by atoms with van der Waals surface area (Å²) in [5, 5.41) is 10.2. The highest BCUT2D eigenvalue weighted by molar-refractivity contribution is 9.10. The van der Waals surface area contributed by atoms with E-state index in [4.69, 9.17) is 0 Å². The Morgan fingerprint density at radius 3 is 3.00 bits per heavy atom. The molecule has 6 heteroatoms. The summed E-state index contributed by atoms with van der Waals surface area (Å²) >= 11 is 3.36. The number of rotatable bonds is 3. The Morgan fingerprint density at radius 2 is 2.35 bits per heavy atom. The van der Waals surface area contributed by atoms with Crippen LogP contribution in [0, 0.1) is 0 Å². The average molecular weight is 295 g/mol. The molecule has 0 aliphatic rings. The molecule has 1 amide bonds. The molecule has 0 saturated carbocycles. The van der Waals surface area contributed by atoms with E-state index in [0.717, 1.165) is 10.0 Å². The van der Waals surface area contributed by atoms with Crippen molar-refractivity contribution in [2.24, 2.45) is 7.05 Å². The molecule has 0 radical (unpaired) electrons. The van der Waals surface area contributed by atoms with E-state index in [1.807, 2.05) is 24.3 Å². The van der Waals surface area contributed by atoms with Crippen LogP contribution in [0.25, 0.3) is 0 Å². The molecule has 0 unspecified atom stereocenters. The van der Waals surface area contributed by atoms with Crippen LogP contribution in [-0.4, -0.2) is 20.9 Å². The topological polar surface area (TPSA) is 59.8 Å². The van der Waals surface area contributed by atoms with Crippen LogP contribution < -0.4 is 5.32 Å². The molecule has 2 aromatic rings. The first-order chi connectivity index (χ1) is 8.13. The van der Waals surface area contributed by atoms with Gasteiger partial charge in [0.2, 0.25) is 5.91 Å². The Morgan fingerprint density at radius 1 is 1.53 bits per heavy atom. The van der Waals surface area contributed by atoms with Crippen LogP contribution in [-0.2, 0) is 18.3 Å². The van der Waals surface area contributed by atoms with E-state index < -0.39 is 0 Å². The van der Waals surface area contributed by atoms with Gasteiger partial charge in [0.05, 0.1) is 12.6 Å². The predicted molar refractivity (Wildman–Crippen MR) is 67.5 cm³/mol. The number of nitrogens with zero attached hydrogens (tertiary/aromatic N) is 3. The van der Waals surface area contributed by atoms with Crippen LogP contribution >= 0.6 is 15.9 Å². The predicted octanol–water partition coefficient (Wildman–Crippen LogP) is 1.76. The number of carbonyl (C=O) groups is 1. The Balaban J connectivity index is 1.98. The molecule has 0 bridgehead atoms. The van der Waals surface area contributed by atoms with Gasteiger partial charge in [-0.2, -0.15) is 0 Å². The fraction of sp³-hybridized carbons (Fsp3) is 0.182. The summed E-state index contributed by atoms with van der Waals surface area (Å²) in [6.45, 7) is 0. The third-order valence-electron chi connectivity index (χ3n) is 2.12. The molecule has 88 valence electrons. The fourth-order valence-electron chi connectivity index (χ4n) is 1.42. The van der Waals surface area contributed by atoms with E-state index in [2.05, 4.69) is 31.6 Å². The van der Waals surface area contributed by atoms with Crippen molar-refractivity contribution >= 4 is 27.7 Å². The number of carbonyl (C=O) groups excluding carboxylic acids is 1. The Bertz CT molecular complexity index is 538. The van der Waals surface area contributed by atoms with E-state index >= 15 is 0 Å². The van der Waals surface area contributed by atoms with Gasteiger partial charge in [-0.05, 0) is 17.7 Å². The van der Waals surface area contributed by atoms with E-state index in [1.165, 1.54) is 4.68 Å². The number of halogens is 1. The number of aryl methyl sites for hydroxylation is 1. The zero-order valence-electron chi connectivity index (χ0n) is 9.22. The van der Waals surface area contributed by atoms with Gasteiger partial charge in [0.25, 0.3) is 0 Å². The lowest BCUT2D eigenvalue weighted by atomic mass is 10.1. The van der Waals surface area contributed by atoms with Crippen molar-refractivity contribution in [1.82, 2.24) is 15.0 Å². The molecule has 0 aliphatic heterocycles. The van der Waals surface area contributed by atoms with Crippen molar-refractivity contribution in [3.05, 3.63) is 40.5 Å². The first kappa shape index (κ1) is 11.8. The van der Waals surface area contributed by atoms with E-state index in [0.29, 0.717) is 12.2 Å². The van der Waals surface area contributed by atoms with Crippen molar-refractivity contribution in [1.29, 1.82) is 0 Å². The fourth-order valence-corrected chi connectivity index (χ4v) is 1.87. The maximum Gasteiger partial charge on any atom is 0.230 e. The molecule has 1 aromatic heterocycles. The molecule has 1 aromatic carbocycles. The number of nitrogens with one attached hydrogen (secondary N) is 1. The van der Waals surface area contributed by atoms with Gasteiger partial charge in [0.15, 0.2) is 5.82 Å². The Labute approximate surface area is 107 Å². The maximum atomic E-state index is 11.7. The second-order valence-corrected chi connectivity index (χ2v) is 4.55. The minimum absolute atomic E-state index is 0.108. The van der Waals surface area contributed by atoms with Crippen molar-refractivity contribution in [3.8, 4) is 0 Å². The maximum absolute atomic E-state index is 11.7. The van der Waals surface area contributed by atoms with E-state index in [1.54, 1.807) is 13.2 Å². The lowest BCUT2D eigenvalue weighted by Crippen LogP contribution is -2.14. The second-order valence-electron chi connectivity index (χ2n) is 3.63. The normalized spacial score (nSPS) is 10.2. The van der Waals surface area contributed by atoms with Gasteiger partial charge in [-0.15, -0.1) is 5.10 Å². The standard InChI is InChI=1S/C11H11BrN4O/c1-16-7-10(14-15-16)13-11(17)6-8-3-2-4-9(12)5-8/h2-5,7H,6H2,1H3,(H,13,17). The van der Waals surface area contributed by atoms with Crippen molar-refractivity contribution in [3.63, 3.8) is 0 Å². The van der Waals surface area contributed by atoms with Gasteiger partial charge in [0, 0.05) is 11.5 Å². The van der Waals surface area contributed by atoms with Crippen LogP contribution in [0.15, 0.2) is 34.9 Å². The molecular formula is C11H11BrN4O. The monoisotopic (exact) mass is 294 g/mol. The molecule has 17 heavy (non-hydrogen) atoms. The summed E-state index contributed by atoms with van der Waals surface area (Å²) in [5.74, 6) is 0.357. The first-order valence-electron chi connectivity index (χ1n) is 5.04. The van der Waals surface area contributed by atoms with Gasteiger partial charge in [-0.3, -0.25) is 9.48 Å². The van der Waals surface area contributed by atoms with Gasteiger partial charge < -0.3 is 5.32 Å². The largest absolute Gasteiger partial charge is 0.308 e. The van der Waals surface area contributed by atoms with Gasteiger partial charge in [-0.1, -0.05) is 33.3 Å². The molecule has 1 N–H and O–H groups in total. The summed E-state index contributed by atoms with van der Waals surface area (Å²) in [6, 6.07) is 7.64. The number of anilines is 1. The Hall–Kier alpha value is -1.69. The van der Waals surface area contributed by atoms with Crippen LogP contribution in [0.5, 0.6) is 0 Å². The number of aromatic nitrogens is 3. The van der Waals surface area contributed by atoms with Crippen molar-refractivity contribution in [2.45, 2.75) is 6.42 Å². The molecule has 1 heterocycles. The number of amides is 1. The molecule has 0 aliphatic carbocycles. The van der Waals surface area contributed by atoms with Crippen molar-refractivity contribution < 1.29 is 4.79 Å². The minimum Gasteiger partial charge on any atom is -0.308 e. The number of hydrogen-bond acceptors (Lipinski definition) is 3. The summed E-state index contributed by atoms with van der Waals surface area (Å²) in [5.41, 5.74) is 0.945. The summed E-state index contributed by atoms with van der Waals surface area (Å²) in [6.07, 6.45) is 1.97. The molecule has 0 fully saturated rings. The lowest BCUT2D eigenvalue weighted by Gasteiger charge is -2.02. The van der Waals surface area contributed by atoms with Gasteiger partial charge in [0.1, 0.15) is 0 Å². The first-order valence-corrected chi connectivity index (χ1v) is 5.83. The molecule has 0 spiro atoms. The van der Waals surface area contributed by atoms with E-state index in [9.17, 15) is 4.79 Å². The number of hydrogen-bond donors (Lipinski definition) is 1. The van der Waals surface area contributed by atoms with Gasteiger partial charge in [-0.25, -0.2) is 0 Å². The SMILES string of the molecule is Cn1cc(NC(=O)Cc2cccc(Br)c2)nn1. The summed E-state index contributed by atoms with van der Waals surface area (Å²) in [4.78, 5) is 11.7. The molecule has 0 atom stereocenters. The minimum atomic E-state index is -0.108. The van der Waals surface area contributed by atoms with Crippen molar-refractivity contribution in [2.75, 3.05) is 5.32 Å². The zero-order chi connectivity index (χ0) is 12.3. The summed E-state index contributed by atoms with van der Waals surface area (Å²) in [7, 11) is 1.75. The third kappa shape index (κ3) is 3.39. The summed E-state index contributed by atoms with van der Waals surface area (Å²) < 4.78 is 2.50. The molecule has 5 nitrogen and oxygen atoms in total. The number of benzene rings is 1. The van der Waals surface area contributed by atoms with Crippen LogP contribution in [0.2, 0.25) is 0 Å². The van der Waals surface area contributed by atoms with Crippen LogP contribution in [0.3, 0.4) is 0 Å². The lowest BCUT2D eigenvalue weighted by molar-refractivity contribution is -0.115. The Kier molecular flexibility index (Phi) is 3.53. The van der Waals surface area contributed by atoms with Gasteiger partial charge >= 0.3 is 0 Å². The average Bonchev–Trinajstić information content (AvgIpc) is 2.63.